The van der Waals surface area contributed by atoms with Crippen molar-refractivity contribution in [1.82, 2.24) is 9.80 Å². The van der Waals surface area contributed by atoms with Crippen LogP contribution in [0, 0.1) is 11.8 Å². The summed E-state index contributed by atoms with van der Waals surface area (Å²) in [7, 11) is 4.05. The molecule has 1 heterocycles. The number of rotatable bonds is 6. The van der Waals surface area contributed by atoms with Crippen molar-refractivity contribution in [3.05, 3.63) is 23.8 Å². The van der Waals surface area contributed by atoms with Crippen molar-refractivity contribution in [2.75, 3.05) is 45.7 Å². The largest absolute Gasteiger partial charge is 0.490 e. The fourth-order valence-corrected chi connectivity index (χ4v) is 5.43. The van der Waals surface area contributed by atoms with E-state index in [4.69, 9.17) is 9.47 Å². The molecule has 0 spiro atoms. The van der Waals surface area contributed by atoms with Gasteiger partial charge in [-0.3, -0.25) is 9.59 Å². The van der Waals surface area contributed by atoms with E-state index in [-0.39, 0.29) is 48.5 Å². The average molecular weight is 532 g/mol. The number of anilines is 1. The monoisotopic (exact) mass is 531 g/mol. The molecule has 2 N–H and O–H groups in total. The Morgan fingerprint density at radius 2 is 1.84 bits per heavy atom. The van der Waals surface area contributed by atoms with E-state index in [0.29, 0.717) is 30.2 Å². The quantitative estimate of drug-likeness (QED) is 0.559. The number of amides is 2. The first-order valence-corrected chi connectivity index (χ1v) is 14.5. The van der Waals surface area contributed by atoms with Gasteiger partial charge in [-0.25, -0.2) is 0 Å². The normalized spacial score (nSPS) is 25.3. The maximum absolute atomic E-state index is 14.1. The number of nitrogens with zero attached hydrogens (tertiary/aromatic N) is 2. The van der Waals surface area contributed by atoms with Gasteiger partial charge in [-0.1, -0.05) is 26.2 Å². The van der Waals surface area contributed by atoms with E-state index < -0.39 is 0 Å². The Hall–Kier alpha value is -2.16. The molecule has 2 amide bonds. The lowest BCUT2D eigenvalue weighted by molar-refractivity contribution is -0.120. The summed E-state index contributed by atoms with van der Waals surface area (Å²) in [5.74, 6) is 0.389. The molecular formula is C30H49N3O5. The van der Waals surface area contributed by atoms with Gasteiger partial charge in [-0.15, -0.1) is 0 Å². The van der Waals surface area contributed by atoms with Gasteiger partial charge in [0.15, 0.2) is 0 Å². The zero-order valence-electron chi connectivity index (χ0n) is 24.1. The molecule has 38 heavy (non-hydrogen) atoms. The summed E-state index contributed by atoms with van der Waals surface area (Å²) in [5.41, 5.74) is 1.01. The van der Waals surface area contributed by atoms with Crippen molar-refractivity contribution in [1.29, 1.82) is 0 Å². The first-order chi connectivity index (χ1) is 18.2. The minimum atomic E-state index is -0.386. The molecule has 1 aromatic rings. The van der Waals surface area contributed by atoms with E-state index in [1.807, 2.05) is 34.0 Å². The molecule has 0 aromatic heterocycles. The van der Waals surface area contributed by atoms with Crippen molar-refractivity contribution in [2.24, 2.45) is 11.8 Å². The molecule has 0 radical (unpaired) electrons. The van der Waals surface area contributed by atoms with Gasteiger partial charge in [-0.05, 0) is 78.2 Å². The molecule has 4 atom stereocenters. The molecule has 8 heteroatoms. The molecule has 0 bridgehead atoms. The minimum Gasteiger partial charge on any atom is -0.490 e. The molecular weight excluding hydrogens is 482 g/mol. The van der Waals surface area contributed by atoms with E-state index in [1.165, 1.54) is 6.42 Å². The fraction of sp³-hybridized carbons (Fsp3) is 0.733. The molecule has 0 unspecified atom stereocenters. The van der Waals surface area contributed by atoms with E-state index in [1.54, 1.807) is 17.0 Å². The first-order valence-electron chi connectivity index (χ1n) is 14.5. The van der Waals surface area contributed by atoms with Crippen LogP contribution in [0.1, 0.15) is 82.5 Å². The van der Waals surface area contributed by atoms with E-state index >= 15 is 0 Å². The number of ether oxygens (including phenoxy) is 2. The maximum Gasteiger partial charge on any atom is 0.258 e. The van der Waals surface area contributed by atoms with Crippen molar-refractivity contribution in [2.45, 2.75) is 90.4 Å². The van der Waals surface area contributed by atoms with Crippen LogP contribution in [0.4, 0.5) is 5.69 Å². The van der Waals surface area contributed by atoms with E-state index in [2.05, 4.69) is 17.1 Å². The Kier molecular flexibility index (Phi) is 11.9. The molecule has 2 aliphatic rings. The Bertz CT molecular complexity index is 902. The molecule has 1 aliphatic carbocycles. The number of fused-ring (bicyclic) bond motifs is 1. The minimum absolute atomic E-state index is 0.0183. The van der Waals surface area contributed by atoms with Crippen LogP contribution in [0.2, 0.25) is 0 Å². The average Bonchev–Trinajstić information content (AvgIpc) is 2.90. The van der Waals surface area contributed by atoms with Crippen LogP contribution in [0.15, 0.2) is 18.2 Å². The summed E-state index contributed by atoms with van der Waals surface area (Å²) >= 11 is 0. The van der Waals surface area contributed by atoms with Crippen LogP contribution in [0.5, 0.6) is 5.75 Å². The highest BCUT2D eigenvalue weighted by Crippen LogP contribution is 2.30. The van der Waals surface area contributed by atoms with Gasteiger partial charge in [0.25, 0.3) is 5.91 Å². The van der Waals surface area contributed by atoms with Gasteiger partial charge in [0.2, 0.25) is 5.91 Å². The number of hydrogen-bond donors (Lipinski definition) is 2. The summed E-state index contributed by atoms with van der Waals surface area (Å²) in [4.78, 5) is 30.9. The maximum atomic E-state index is 14.1. The molecule has 0 saturated heterocycles. The lowest BCUT2D eigenvalue weighted by Gasteiger charge is -2.35. The topological polar surface area (TPSA) is 91.3 Å². The number of likely N-dealkylation sites (N-methyl/N-ethyl adjacent to an activating group) is 1. The number of benzene rings is 1. The summed E-state index contributed by atoms with van der Waals surface area (Å²) < 4.78 is 12.6. The zero-order valence-corrected chi connectivity index (χ0v) is 24.1. The smallest absolute Gasteiger partial charge is 0.258 e. The van der Waals surface area contributed by atoms with Crippen molar-refractivity contribution in [3.63, 3.8) is 0 Å². The highest BCUT2D eigenvalue weighted by molar-refractivity contribution is 6.00. The Balaban J connectivity index is 1.94. The van der Waals surface area contributed by atoms with Crippen LogP contribution in [-0.4, -0.2) is 85.4 Å². The predicted molar refractivity (Wildman–Crippen MR) is 151 cm³/mol. The summed E-state index contributed by atoms with van der Waals surface area (Å²) in [6.07, 6.45) is 7.81. The number of aliphatic hydroxyl groups excluding tert-OH is 1. The lowest BCUT2D eigenvalue weighted by atomic mass is 9.88. The summed E-state index contributed by atoms with van der Waals surface area (Å²) in [6.45, 7) is 7.68. The number of carbonyl (C=O) groups excluding carboxylic acids is 2. The molecule has 8 nitrogen and oxygen atoms in total. The third kappa shape index (κ3) is 8.68. The van der Waals surface area contributed by atoms with Gasteiger partial charge >= 0.3 is 0 Å². The van der Waals surface area contributed by atoms with Crippen LogP contribution in [0.25, 0.3) is 0 Å². The Morgan fingerprint density at radius 3 is 2.53 bits per heavy atom. The summed E-state index contributed by atoms with van der Waals surface area (Å²) in [5, 5.41) is 13.1. The third-order valence-corrected chi connectivity index (χ3v) is 7.84. The predicted octanol–water partition coefficient (Wildman–Crippen LogP) is 4.56. The SMILES string of the molecule is C[C@@H]1CCCCO[C@@H](CN(C)C)[C@@H](C)CN([C@@H](C)CO)C(=O)c2cc(NC(=O)C3CCCCC3)ccc2O1. The van der Waals surface area contributed by atoms with Gasteiger partial charge in [0.1, 0.15) is 5.75 Å². The van der Waals surface area contributed by atoms with Crippen LogP contribution >= 0.6 is 0 Å². The van der Waals surface area contributed by atoms with E-state index in [0.717, 1.165) is 51.5 Å². The molecule has 1 aliphatic heterocycles. The van der Waals surface area contributed by atoms with Crippen molar-refractivity contribution < 1.29 is 24.2 Å². The van der Waals surface area contributed by atoms with Gasteiger partial charge in [-0.2, -0.15) is 0 Å². The van der Waals surface area contributed by atoms with Crippen molar-refractivity contribution in [3.8, 4) is 5.75 Å². The van der Waals surface area contributed by atoms with E-state index in [9.17, 15) is 14.7 Å². The number of hydrogen-bond acceptors (Lipinski definition) is 6. The van der Waals surface area contributed by atoms with Gasteiger partial charge < -0.3 is 29.7 Å². The third-order valence-electron chi connectivity index (χ3n) is 7.84. The first kappa shape index (κ1) is 30.4. The Morgan fingerprint density at radius 1 is 1.13 bits per heavy atom. The highest BCUT2D eigenvalue weighted by atomic mass is 16.5. The highest BCUT2D eigenvalue weighted by Gasteiger charge is 2.30. The van der Waals surface area contributed by atoms with Crippen LogP contribution in [-0.2, 0) is 9.53 Å². The van der Waals surface area contributed by atoms with Gasteiger partial charge in [0, 0.05) is 37.2 Å². The second kappa shape index (κ2) is 14.8. The van der Waals surface area contributed by atoms with Gasteiger partial charge in [0.05, 0.1) is 30.4 Å². The fourth-order valence-electron chi connectivity index (χ4n) is 5.43. The molecule has 3 rings (SSSR count). The molecule has 1 fully saturated rings. The second-order valence-corrected chi connectivity index (χ2v) is 11.6. The standard InChI is InChI=1S/C30H49N3O5/c1-21-18-33(22(2)20-34)30(36)26-17-25(31-29(35)24-12-7-6-8-13-24)14-15-27(26)38-23(3)11-9-10-16-37-28(21)19-32(4)5/h14-15,17,21-24,28,34H,6-13,16,18-20H2,1-5H3,(H,31,35)/t21-,22-,23+,28-/m0/s1. The number of aliphatic hydroxyl groups is 1. The summed E-state index contributed by atoms with van der Waals surface area (Å²) in [6, 6.07) is 4.98. The molecule has 214 valence electrons. The van der Waals surface area contributed by atoms with Crippen LogP contribution in [0.3, 0.4) is 0 Å². The van der Waals surface area contributed by atoms with Crippen molar-refractivity contribution >= 4 is 17.5 Å². The zero-order chi connectivity index (χ0) is 27.7. The second-order valence-electron chi connectivity index (χ2n) is 11.6. The molecule has 1 saturated carbocycles. The molecule has 1 aromatic carbocycles. The van der Waals surface area contributed by atoms with Crippen LogP contribution < -0.4 is 10.1 Å². The number of nitrogens with one attached hydrogen (secondary N) is 1. The Labute approximate surface area is 229 Å². The number of carbonyl (C=O) groups is 2. The lowest BCUT2D eigenvalue weighted by Crippen LogP contribution is -2.47.